The maximum Gasteiger partial charge on any atom is 0.257 e. The van der Waals surface area contributed by atoms with Gasteiger partial charge < -0.3 is 9.64 Å². The van der Waals surface area contributed by atoms with Crippen molar-refractivity contribution in [1.82, 2.24) is 24.6 Å². The van der Waals surface area contributed by atoms with Crippen LogP contribution in [0.4, 0.5) is 0 Å². The minimum atomic E-state index is 0.0458. The molecule has 7 nitrogen and oxygen atoms in total. The highest BCUT2D eigenvalue weighted by Crippen LogP contribution is 2.34. The summed E-state index contributed by atoms with van der Waals surface area (Å²) in [6.07, 6.45) is 6.80. The molecule has 0 saturated carbocycles. The van der Waals surface area contributed by atoms with Crippen molar-refractivity contribution in [3.63, 3.8) is 0 Å². The van der Waals surface area contributed by atoms with Crippen molar-refractivity contribution >= 4 is 5.91 Å². The molecule has 0 N–H and O–H groups in total. The van der Waals surface area contributed by atoms with Gasteiger partial charge in [-0.1, -0.05) is 12.1 Å². The molecule has 4 rings (SSSR count). The molecule has 1 aromatic carbocycles. The fourth-order valence-electron chi connectivity index (χ4n) is 3.82. The molecule has 0 unspecified atom stereocenters. The van der Waals surface area contributed by atoms with Crippen LogP contribution in [0.1, 0.15) is 46.1 Å². The van der Waals surface area contributed by atoms with Crippen molar-refractivity contribution < 1.29 is 9.53 Å². The molecule has 3 aromatic rings. The number of likely N-dealkylation sites (tertiary alicyclic amines) is 1. The molecule has 7 heteroatoms. The number of aryl methyl sites for hydroxylation is 3. The predicted molar refractivity (Wildman–Crippen MR) is 109 cm³/mol. The second-order valence-corrected chi connectivity index (χ2v) is 7.53. The summed E-state index contributed by atoms with van der Waals surface area (Å²) in [7, 11) is 1.83. The summed E-state index contributed by atoms with van der Waals surface area (Å²) in [5, 5.41) is 4.28. The lowest BCUT2D eigenvalue weighted by molar-refractivity contribution is 0.0711. The van der Waals surface area contributed by atoms with Crippen molar-refractivity contribution in [2.45, 2.75) is 32.6 Å². The Morgan fingerprint density at radius 2 is 1.90 bits per heavy atom. The number of piperidine rings is 1. The Kier molecular flexibility index (Phi) is 5.29. The zero-order valence-corrected chi connectivity index (χ0v) is 17.0. The first-order valence-electron chi connectivity index (χ1n) is 9.86. The highest BCUT2D eigenvalue weighted by Gasteiger charge is 2.29. The van der Waals surface area contributed by atoms with Gasteiger partial charge in [0, 0.05) is 44.6 Å². The summed E-state index contributed by atoms with van der Waals surface area (Å²) >= 11 is 0. The van der Waals surface area contributed by atoms with Gasteiger partial charge in [-0.25, -0.2) is 4.98 Å². The molecule has 1 aliphatic heterocycles. The molecule has 29 heavy (non-hydrogen) atoms. The average Bonchev–Trinajstić information content (AvgIpc) is 3.06. The Morgan fingerprint density at radius 3 is 2.59 bits per heavy atom. The number of aromatic nitrogens is 4. The molecule has 1 fully saturated rings. The number of nitrogens with zero attached hydrogens (tertiary/aromatic N) is 5. The lowest BCUT2D eigenvalue weighted by Crippen LogP contribution is -2.38. The first-order chi connectivity index (χ1) is 14.0. The number of carbonyl (C=O) groups excluding carboxylic acids is 1. The minimum absolute atomic E-state index is 0.0458. The Balaban J connectivity index is 1.46. The molecule has 0 aliphatic carbocycles. The van der Waals surface area contributed by atoms with Crippen LogP contribution in [0.15, 0.2) is 42.9 Å². The first-order valence-corrected chi connectivity index (χ1v) is 9.86. The van der Waals surface area contributed by atoms with Crippen LogP contribution in [0.5, 0.6) is 11.6 Å². The molecule has 2 aromatic heterocycles. The normalized spacial score (nSPS) is 14.8. The molecule has 3 heterocycles. The van der Waals surface area contributed by atoms with Crippen molar-refractivity contribution in [2.75, 3.05) is 13.1 Å². The number of amides is 1. The standard InChI is InChI=1S/C22H25N5O2/c1-15-5-4-6-18(13-15)29-21-20(23-9-10-24-21)17-7-11-27(12-8-17)22(28)19-14-26(3)25-16(19)2/h4-6,9-10,13-14,17H,7-8,11-12H2,1-3H3. The zero-order valence-electron chi connectivity index (χ0n) is 17.0. The summed E-state index contributed by atoms with van der Waals surface area (Å²) in [5.41, 5.74) is 3.43. The number of ether oxygens (including phenoxy) is 1. The van der Waals surface area contributed by atoms with Gasteiger partial charge in [0.2, 0.25) is 5.88 Å². The summed E-state index contributed by atoms with van der Waals surface area (Å²) in [4.78, 5) is 23.7. The topological polar surface area (TPSA) is 73.1 Å². The highest BCUT2D eigenvalue weighted by molar-refractivity contribution is 5.95. The molecular formula is C22H25N5O2. The van der Waals surface area contributed by atoms with Gasteiger partial charge in [0.15, 0.2) is 0 Å². The molecular weight excluding hydrogens is 366 g/mol. The van der Waals surface area contributed by atoms with Crippen LogP contribution in [0, 0.1) is 13.8 Å². The van der Waals surface area contributed by atoms with E-state index in [0.29, 0.717) is 24.5 Å². The lowest BCUT2D eigenvalue weighted by atomic mass is 9.93. The molecule has 1 aliphatic rings. The maximum absolute atomic E-state index is 12.8. The summed E-state index contributed by atoms with van der Waals surface area (Å²) in [6.45, 7) is 5.26. The average molecular weight is 391 g/mol. The third-order valence-corrected chi connectivity index (χ3v) is 5.31. The molecule has 0 spiro atoms. The Labute approximate surface area is 170 Å². The lowest BCUT2D eigenvalue weighted by Gasteiger charge is -2.32. The molecule has 0 atom stereocenters. The van der Waals surface area contributed by atoms with Crippen molar-refractivity contribution in [1.29, 1.82) is 0 Å². The smallest absolute Gasteiger partial charge is 0.257 e. The number of benzene rings is 1. The van der Waals surface area contributed by atoms with Crippen molar-refractivity contribution in [3.8, 4) is 11.6 Å². The summed E-state index contributed by atoms with van der Waals surface area (Å²) in [5.74, 6) is 1.56. The summed E-state index contributed by atoms with van der Waals surface area (Å²) in [6, 6.07) is 7.89. The van der Waals surface area contributed by atoms with E-state index in [2.05, 4.69) is 15.1 Å². The van der Waals surface area contributed by atoms with Gasteiger partial charge in [-0.15, -0.1) is 0 Å². The van der Waals surface area contributed by atoms with Gasteiger partial charge in [-0.05, 0) is 44.4 Å². The van der Waals surface area contributed by atoms with Crippen LogP contribution in [0.25, 0.3) is 0 Å². The van der Waals surface area contributed by atoms with Crippen molar-refractivity contribution in [2.24, 2.45) is 7.05 Å². The number of carbonyl (C=O) groups is 1. The summed E-state index contributed by atoms with van der Waals surface area (Å²) < 4.78 is 7.72. The van der Waals surface area contributed by atoms with E-state index < -0.39 is 0 Å². The van der Waals surface area contributed by atoms with Gasteiger partial charge in [-0.3, -0.25) is 14.5 Å². The number of hydrogen-bond acceptors (Lipinski definition) is 5. The van der Waals surface area contributed by atoms with Crippen LogP contribution >= 0.6 is 0 Å². The van der Waals surface area contributed by atoms with Gasteiger partial charge in [0.05, 0.1) is 11.3 Å². The van der Waals surface area contributed by atoms with E-state index in [0.717, 1.165) is 35.5 Å². The van der Waals surface area contributed by atoms with Gasteiger partial charge in [0.25, 0.3) is 5.91 Å². The van der Waals surface area contributed by atoms with Gasteiger partial charge in [-0.2, -0.15) is 5.10 Å². The SMILES string of the molecule is Cc1cccc(Oc2nccnc2C2CCN(C(=O)c3cn(C)nc3C)CC2)c1. The molecule has 0 bridgehead atoms. The van der Waals surface area contributed by atoms with E-state index in [1.165, 1.54) is 0 Å². The fourth-order valence-corrected chi connectivity index (χ4v) is 3.82. The van der Waals surface area contributed by atoms with Gasteiger partial charge in [0.1, 0.15) is 11.4 Å². The van der Waals surface area contributed by atoms with Crippen LogP contribution < -0.4 is 4.74 Å². The fraction of sp³-hybridized carbons (Fsp3) is 0.364. The van der Waals surface area contributed by atoms with E-state index in [1.807, 2.05) is 50.1 Å². The zero-order chi connectivity index (χ0) is 20.4. The third kappa shape index (κ3) is 4.13. The third-order valence-electron chi connectivity index (χ3n) is 5.31. The highest BCUT2D eigenvalue weighted by atomic mass is 16.5. The molecule has 1 amide bonds. The van der Waals surface area contributed by atoms with Crippen molar-refractivity contribution in [3.05, 3.63) is 65.4 Å². The first kappa shape index (κ1) is 19.1. The van der Waals surface area contributed by atoms with Crippen LogP contribution in [-0.4, -0.2) is 43.6 Å². The Bertz CT molecular complexity index is 1020. The molecule has 1 saturated heterocycles. The van der Waals surface area contributed by atoms with E-state index >= 15 is 0 Å². The molecule has 150 valence electrons. The van der Waals surface area contributed by atoms with Crippen LogP contribution in [0.3, 0.4) is 0 Å². The largest absolute Gasteiger partial charge is 0.437 e. The van der Waals surface area contributed by atoms with Crippen LogP contribution in [0.2, 0.25) is 0 Å². The van der Waals surface area contributed by atoms with E-state index in [9.17, 15) is 4.79 Å². The molecule has 0 radical (unpaired) electrons. The van der Waals surface area contributed by atoms with E-state index in [4.69, 9.17) is 4.74 Å². The van der Waals surface area contributed by atoms with Gasteiger partial charge >= 0.3 is 0 Å². The number of hydrogen-bond donors (Lipinski definition) is 0. The minimum Gasteiger partial charge on any atom is -0.437 e. The second-order valence-electron chi connectivity index (χ2n) is 7.53. The quantitative estimate of drug-likeness (QED) is 0.679. The number of rotatable bonds is 4. The monoisotopic (exact) mass is 391 g/mol. The Morgan fingerprint density at radius 1 is 1.14 bits per heavy atom. The van der Waals surface area contributed by atoms with E-state index in [1.54, 1.807) is 23.3 Å². The predicted octanol–water partition coefficient (Wildman–Crippen LogP) is 3.64. The maximum atomic E-state index is 12.8. The van der Waals surface area contributed by atoms with Crippen LogP contribution in [-0.2, 0) is 7.05 Å². The van der Waals surface area contributed by atoms with E-state index in [-0.39, 0.29) is 11.8 Å². The Hall–Kier alpha value is -3.22. The second kappa shape index (κ2) is 8.03.